The summed E-state index contributed by atoms with van der Waals surface area (Å²) in [6.07, 6.45) is 0. The van der Waals surface area contributed by atoms with Crippen molar-refractivity contribution in [2.45, 2.75) is 33.1 Å². The predicted molar refractivity (Wildman–Crippen MR) is 61.5 cm³/mol. The number of aromatic hydroxyl groups is 1. The van der Waals surface area contributed by atoms with Crippen LogP contribution in [0.4, 0.5) is 0 Å². The number of phenolic OH excluding ortho intramolecular Hbond substituents is 1. The van der Waals surface area contributed by atoms with Crippen molar-refractivity contribution in [3.05, 3.63) is 35.9 Å². The van der Waals surface area contributed by atoms with E-state index in [1.54, 1.807) is 6.07 Å². The highest BCUT2D eigenvalue weighted by Gasteiger charge is 2.18. The van der Waals surface area contributed by atoms with Gasteiger partial charge < -0.3 is 5.11 Å². The Labute approximate surface area is 86.1 Å². The first kappa shape index (κ1) is 10.8. The van der Waals surface area contributed by atoms with Crippen LogP contribution in [0.15, 0.2) is 24.8 Å². The zero-order chi connectivity index (χ0) is 10.9. The van der Waals surface area contributed by atoms with Crippen molar-refractivity contribution in [1.29, 1.82) is 0 Å². The zero-order valence-electron chi connectivity index (χ0n) is 9.39. The van der Waals surface area contributed by atoms with E-state index in [1.165, 1.54) is 0 Å². The first-order chi connectivity index (χ1) is 6.32. The van der Waals surface area contributed by atoms with Gasteiger partial charge in [0.25, 0.3) is 0 Å². The predicted octanol–water partition coefficient (Wildman–Crippen LogP) is 3.72. The van der Waals surface area contributed by atoms with Crippen LogP contribution in [0, 0.1) is 0 Å². The lowest BCUT2D eigenvalue weighted by molar-refractivity contribution is 0.471. The molecule has 14 heavy (non-hydrogen) atoms. The molecule has 0 saturated heterocycles. The molecule has 1 heteroatoms. The highest BCUT2D eigenvalue weighted by molar-refractivity contribution is 5.66. The van der Waals surface area contributed by atoms with Crippen LogP contribution < -0.4 is 0 Å². The van der Waals surface area contributed by atoms with E-state index in [4.69, 9.17) is 0 Å². The lowest BCUT2D eigenvalue weighted by Crippen LogP contribution is -2.13. The van der Waals surface area contributed by atoms with Gasteiger partial charge in [0.05, 0.1) is 0 Å². The fourth-order valence-corrected chi connectivity index (χ4v) is 1.52. The molecule has 0 bridgehead atoms. The summed E-state index contributed by atoms with van der Waals surface area (Å²) in [6.45, 7) is 12.3. The molecule has 0 atom stereocenters. The van der Waals surface area contributed by atoms with Crippen molar-refractivity contribution in [2.75, 3.05) is 0 Å². The van der Waals surface area contributed by atoms with Gasteiger partial charge in [0.15, 0.2) is 0 Å². The molecule has 0 heterocycles. The van der Waals surface area contributed by atoms with E-state index in [0.717, 1.165) is 16.7 Å². The maximum Gasteiger partial charge on any atom is 0.115 e. The van der Waals surface area contributed by atoms with E-state index in [1.807, 2.05) is 19.1 Å². The molecule has 76 valence electrons. The third-order valence-corrected chi connectivity index (χ3v) is 2.27. The Bertz CT molecular complexity index is 356. The molecule has 0 aliphatic carbocycles. The quantitative estimate of drug-likeness (QED) is 0.715. The molecule has 1 aromatic carbocycles. The summed E-state index contributed by atoms with van der Waals surface area (Å²) in [7, 11) is 0. The van der Waals surface area contributed by atoms with Gasteiger partial charge in [0, 0.05) is 0 Å². The molecular weight excluding hydrogens is 172 g/mol. The molecule has 0 spiro atoms. The number of hydrogen-bond acceptors (Lipinski definition) is 1. The Morgan fingerprint density at radius 1 is 1.29 bits per heavy atom. The number of benzene rings is 1. The Hall–Kier alpha value is -1.24. The number of phenols is 1. The minimum atomic E-state index is 0.0347. The van der Waals surface area contributed by atoms with Crippen LogP contribution in [-0.4, -0.2) is 5.11 Å². The average molecular weight is 190 g/mol. The minimum absolute atomic E-state index is 0.0347. The summed E-state index contributed by atoms with van der Waals surface area (Å²) in [5.74, 6) is 0.319. The van der Waals surface area contributed by atoms with E-state index in [0.29, 0.717) is 5.75 Å². The molecular formula is C13H18O. The summed E-state index contributed by atoms with van der Waals surface area (Å²) in [6, 6.07) is 5.46. The second kappa shape index (κ2) is 3.49. The average Bonchev–Trinajstić information content (AvgIpc) is 2.01. The van der Waals surface area contributed by atoms with Crippen molar-refractivity contribution in [3.8, 4) is 5.75 Å². The van der Waals surface area contributed by atoms with Gasteiger partial charge in [-0.1, -0.05) is 39.0 Å². The lowest BCUT2D eigenvalue weighted by Gasteiger charge is -2.23. The standard InChI is InChI=1S/C13H18O/c1-9(2)11-7-6-10(14)8-12(11)13(3,4)5/h6-8,14H,1H2,2-5H3. The molecule has 0 aromatic heterocycles. The normalized spacial score (nSPS) is 11.4. The van der Waals surface area contributed by atoms with Crippen molar-refractivity contribution in [2.24, 2.45) is 0 Å². The Morgan fingerprint density at radius 2 is 1.86 bits per heavy atom. The van der Waals surface area contributed by atoms with E-state index in [-0.39, 0.29) is 5.41 Å². The molecule has 0 aliphatic rings. The zero-order valence-corrected chi connectivity index (χ0v) is 9.39. The lowest BCUT2D eigenvalue weighted by atomic mass is 9.82. The van der Waals surface area contributed by atoms with Gasteiger partial charge in [0.1, 0.15) is 5.75 Å². The van der Waals surface area contributed by atoms with Gasteiger partial charge >= 0.3 is 0 Å². The Morgan fingerprint density at radius 3 is 2.29 bits per heavy atom. The Balaban J connectivity index is 3.38. The van der Waals surface area contributed by atoms with Crippen molar-refractivity contribution < 1.29 is 5.11 Å². The van der Waals surface area contributed by atoms with Crippen LogP contribution in [-0.2, 0) is 5.41 Å². The maximum atomic E-state index is 9.45. The highest BCUT2D eigenvalue weighted by atomic mass is 16.3. The topological polar surface area (TPSA) is 20.2 Å². The molecule has 1 nitrogen and oxygen atoms in total. The first-order valence-corrected chi connectivity index (χ1v) is 4.82. The monoisotopic (exact) mass is 190 g/mol. The molecule has 0 radical (unpaired) electrons. The third-order valence-electron chi connectivity index (χ3n) is 2.27. The smallest absolute Gasteiger partial charge is 0.115 e. The minimum Gasteiger partial charge on any atom is -0.508 e. The highest BCUT2D eigenvalue weighted by Crippen LogP contribution is 2.32. The second-order valence-corrected chi connectivity index (χ2v) is 4.76. The van der Waals surface area contributed by atoms with Crippen LogP contribution in [0.1, 0.15) is 38.8 Å². The molecule has 1 aromatic rings. The molecule has 0 aliphatic heterocycles. The van der Waals surface area contributed by atoms with Gasteiger partial charge in [-0.3, -0.25) is 0 Å². The van der Waals surface area contributed by atoms with Crippen LogP contribution in [0.3, 0.4) is 0 Å². The fraction of sp³-hybridized carbons (Fsp3) is 0.385. The fourth-order valence-electron chi connectivity index (χ4n) is 1.52. The van der Waals surface area contributed by atoms with Crippen molar-refractivity contribution in [3.63, 3.8) is 0 Å². The van der Waals surface area contributed by atoms with Gasteiger partial charge in [-0.05, 0) is 35.6 Å². The number of rotatable bonds is 1. The molecule has 0 unspecified atom stereocenters. The Kier molecular flexibility index (Phi) is 2.70. The van der Waals surface area contributed by atoms with Gasteiger partial charge in [-0.15, -0.1) is 0 Å². The maximum absolute atomic E-state index is 9.45. The molecule has 0 saturated carbocycles. The summed E-state index contributed by atoms with van der Waals surface area (Å²) in [4.78, 5) is 0. The number of allylic oxidation sites excluding steroid dienone is 1. The van der Waals surface area contributed by atoms with Gasteiger partial charge in [-0.2, -0.15) is 0 Å². The summed E-state index contributed by atoms with van der Waals surface area (Å²) in [5.41, 5.74) is 3.35. The second-order valence-electron chi connectivity index (χ2n) is 4.76. The van der Waals surface area contributed by atoms with Crippen molar-refractivity contribution in [1.82, 2.24) is 0 Å². The van der Waals surface area contributed by atoms with E-state index < -0.39 is 0 Å². The summed E-state index contributed by atoms with van der Waals surface area (Å²) >= 11 is 0. The van der Waals surface area contributed by atoms with Crippen LogP contribution in [0.5, 0.6) is 5.75 Å². The summed E-state index contributed by atoms with van der Waals surface area (Å²) < 4.78 is 0. The van der Waals surface area contributed by atoms with Crippen LogP contribution in [0.25, 0.3) is 5.57 Å². The molecule has 0 amide bonds. The van der Waals surface area contributed by atoms with E-state index in [2.05, 4.69) is 27.4 Å². The SMILES string of the molecule is C=C(C)c1ccc(O)cc1C(C)(C)C. The molecule has 1 N–H and O–H groups in total. The van der Waals surface area contributed by atoms with E-state index in [9.17, 15) is 5.11 Å². The molecule has 0 fully saturated rings. The third kappa shape index (κ3) is 2.16. The van der Waals surface area contributed by atoms with Crippen LogP contribution in [0.2, 0.25) is 0 Å². The van der Waals surface area contributed by atoms with Crippen molar-refractivity contribution >= 4 is 5.57 Å². The first-order valence-electron chi connectivity index (χ1n) is 4.82. The van der Waals surface area contributed by atoms with Gasteiger partial charge in [-0.25, -0.2) is 0 Å². The van der Waals surface area contributed by atoms with Gasteiger partial charge in [0.2, 0.25) is 0 Å². The largest absolute Gasteiger partial charge is 0.508 e. The number of hydrogen-bond donors (Lipinski definition) is 1. The molecule has 1 rings (SSSR count). The van der Waals surface area contributed by atoms with E-state index >= 15 is 0 Å². The summed E-state index contributed by atoms with van der Waals surface area (Å²) in [5, 5.41) is 9.45. The van der Waals surface area contributed by atoms with Crippen LogP contribution >= 0.6 is 0 Å².